The second kappa shape index (κ2) is 9.78. The minimum atomic E-state index is -0.794. The highest BCUT2D eigenvalue weighted by atomic mass is 16.6. The molecule has 3 aromatic rings. The maximum Gasteiger partial charge on any atom is 0.355 e. The van der Waals surface area contributed by atoms with E-state index in [0.717, 1.165) is 12.4 Å². The number of nitro benzene ring substituents is 1. The van der Waals surface area contributed by atoms with Gasteiger partial charge in [0.2, 0.25) is 11.6 Å². The number of amides is 1. The van der Waals surface area contributed by atoms with Gasteiger partial charge in [-0.25, -0.2) is 14.8 Å². The zero-order valence-corrected chi connectivity index (χ0v) is 16.8. The lowest BCUT2D eigenvalue weighted by molar-refractivity contribution is -0.384. The Balaban J connectivity index is 1.87. The second-order valence-electron chi connectivity index (χ2n) is 6.23. The minimum Gasteiger partial charge on any atom is -0.465 e. The number of nitrogens with zero attached hydrogens (tertiary/aromatic N) is 4. The molecule has 0 aliphatic carbocycles. The first-order chi connectivity index (χ1) is 15.8. The summed E-state index contributed by atoms with van der Waals surface area (Å²) in [5.74, 6) is -2.10. The molecule has 33 heavy (non-hydrogen) atoms. The predicted octanol–water partition coefficient (Wildman–Crippen LogP) is 2.58. The third-order valence-electron chi connectivity index (χ3n) is 4.20. The number of hydrogen-bond donors (Lipinski definition) is 3. The van der Waals surface area contributed by atoms with E-state index in [1.54, 1.807) is 12.1 Å². The maximum absolute atomic E-state index is 12.3. The Morgan fingerprint density at radius 2 is 1.70 bits per heavy atom. The maximum atomic E-state index is 12.3. The molecule has 168 valence electrons. The number of rotatable bonds is 8. The number of anilines is 3. The van der Waals surface area contributed by atoms with E-state index in [1.807, 2.05) is 0 Å². The Hall–Kier alpha value is -5.14. The van der Waals surface area contributed by atoms with Crippen LogP contribution in [-0.2, 0) is 4.74 Å². The quantitative estimate of drug-likeness (QED) is 0.258. The smallest absolute Gasteiger partial charge is 0.355 e. The molecule has 1 aromatic heterocycles. The first-order valence-corrected chi connectivity index (χ1v) is 9.06. The van der Waals surface area contributed by atoms with Gasteiger partial charge in [0.1, 0.15) is 6.33 Å². The first-order valence-electron chi connectivity index (χ1n) is 9.06. The Bertz CT molecular complexity index is 1250. The molecule has 14 heteroatoms. The number of aromatic nitrogens is 2. The highest BCUT2D eigenvalue weighted by molar-refractivity contribution is 5.97. The number of carbonyl (C=O) groups excluding carboxylic acids is 2. The number of carbonyl (C=O) groups is 2. The highest BCUT2D eigenvalue weighted by Crippen LogP contribution is 2.32. The Kier molecular flexibility index (Phi) is 6.68. The molecule has 2 aromatic carbocycles. The number of hydrazine groups is 1. The number of ether oxygens (including phenoxy) is 1. The number of hydrogen-bond acceptors (Lipinski definition) is 11. The summed E-state index contributed by atoms with van der Waals surface area (Å²) in [6.45, 7) is 0. The topological polar surface area (TPSA) is 192 Å². The van der Waals surface area contributed by atoms with E-state index in [0.29, 0.717) is 0 Å². The number of benzene rings is 2. The minimum absolute atomic E-state index is 0.0567. The summed E-state index contributed by atoms with van der Waals surface area (Å²) < 4.78 is 4.70. The van der Waals surface area contributed by atoms with Gasteiger partial charge < -0.3 is 10.1 Å². The van der Waals surface area contributed by atoms with Crippen LogP contribution in [0.25, 0.3) is 0 Å². The van der Waals surface area contributed by atoms with Crippen molar-refractivity contribution in [2.45, 2.75) is 0 Å². The van der Waals surface area contributed by atoms with Gasteiger partial charge in [0.25, 0.3) is 11.6 Å². The lowest BCUT2D eigenvalue weighted by atomic mass is 10.2. The molecule has 0 fully saturated rings. The van der Waals surface area contributed by atoms with Crippen LogP contribution in [-0.4, -0.2) is 38.8 Å². The largest absolute Gasteiger partial charge is 0.465 e. The van der Waals surface area contributed by atoms with E-state index in [1.165, 1.54) is 37.4 Å². The fourth-order valence-electron chi connectivity index (χ4n) is 2.69. The fourth-order valence-corrected chi connectivity index (χ4v) is 2.69. The van der Waals surface area contributed by atoms with Crippen LogP contribution in [0.4, 0.5) is 28.7 Å². The van der Waals surface area contributed by atoms with Crippen LogP contribution in [0, 0.1) is 20.2 Å². The van der Waals surface area contributed by atoms with Crippen molar-refractivity contribution in [1.82, 2.24) is 15.4 Å². The lowest BCUT2D eigenvalue weighted by Crippen LogP contribution is -2.30. The zero-order valence-electron chi connectivity index (χ0n) is 16.8. The van der Waals surface area contributed by atoms with Crippen LogP contribution in [0.15, 0.2) is 54.9 Å². The molecule has 1 amide bonds. The van der Waals surface area contributed by atoms with E-state index in [-0.39, 0.29) is 34.1 Å². The lowest BCUT2D eigenvalue weighted by Gasteiger charge is -2.12. The van der Waals surface area contributed by atoms with Crippen molar-refractivity contribution in [3.8, 4) is 0 Å². The summed E-state index contributed by atoms with van der Waals surface area (Å²) in [4.78, 5) is 53.0. The molecule has 0 bridgehead atoms. The average molecular weight is 453 g/mol. The van der Waals surface area contributed by atoms with Crippen molar-refractivity contribution in [3.63, 3.8) is 0 Å². The van der Waals surface area contributed by atoms with Crippen LogP contribution < -0.4 is 16.2 Å². The van der Waals surface area contributed by atoms with E-state index in [9.17, 15) is 29.8 Å². The molecule has 0 saturated carbocycles. The average Bonchev–Trinajstić information content (AvgIpc) is 2.82. The van der Waals surface area contributed by atoms with E-state index in [2.05, 4.69) is 26.1 Å². The van der Waals surface area contributed by atoms with Crippen molar-refractivity contribution in [1.29, 1.82) is 0 Å². The van der Waals surface area contributed by atoms with E-state index >= 15 is 0 Å². The second-order valence-corrected chi connectivity index (χ2v) is 6.23. The summed E-state index contributed by atoms with van der Waals surface area (Å²) in [6.07, 6.45) is 0.998. The van der Waals surface area contributed by atoms with Gasteiger partial charge in [-0.05, 0) is 18.2 Å². The summed E-state index contributed by atoms with van der Waals surface area (Å²) >= 11 is 0. The Labute approximate surface area is 184 Å². The predicted molar refractivity (Wildman–Crippen MR) is 114 cm³/mol. The van der Waals surface area contributed by atoms with Crippen molar-refractivity contribution in [3.05, 3.63) is 86.2 Å². The van der Waals surface area contributed by atoms with Crippen LogP contribution in [0.5, 0.6) is 0 Å². The summed E-state index contributed by atoms with van der Waals surface area (Å²) in [5.41, 5.74) is 3.84. The molecule has 3 N–H and O–H groups in total. The molecule has 3 rings (SSSR count). The van der Waals surface area contributed by atoms with Gasteiger partial charge in [0, 0.05) is 17.7 Å². The van der Waals surface area contributed by atoms with Gasteiger partial charge >= 0.3 is 11.7 Å². The molecule has 1 heterocycles. The third kappa shape index (κ3) is 5.13. The van der Waals surface area contributed by atoms with Crippen LogP contribution in [0.1, 0.15) is 20.7 Å². The molecule has 0 spiro atoms. The van der Waals surface area contributed by atoms with Crippen molar-refractivity contribution >= 4 is 40.6 Å². The molecule has 0 aliphatic rings. The van der Waals surface area contributed by atoms with Crippen molar-refractivity contribution in [2.75, 3.05) is 17.9 Å². The number of methoxy groups -OCH3 is 1. The number of nitro groups is 2. The summed E-state index contributed by atoms with van der Waals surface area (Å²) in [5, 5.41) is 25.3. The molecular weight excluding hydrogens is 438 g/mol. The third-order valence-corrected chi connectivity index (χ3v) is 4.20. The number of non-ortho nitro benzene ring substituents is 1. The molecule has 14 nitrogen and oxygen atoms in total. The number of para-hydroxylation sites is 1. The summed E-state index contributed by atoms with van der Waals surface area (Å²) in [7, 11) is 1.19. The molecule has 0 atom stereocenters. The van der Waals surface area contributed by atoms with E-state index in [4.69, 9.17) is 4.74 Å². The molecule has 0 unspecified atom stereocenters. The molecule has 0 radical (unpaired) electrons. The standard InChI is InChI=1S/C19H15N7O7/c1-33-19(28)13-7-2-3-8-14(13)22-16-15(26(31)32)17(21-10-20-16)23-24-18(27)11-5-4-6-12(9-11)25(29)30/h2-10H,1H3,(H,24,27)(H2,20,21,22,23). The highest BCUT2D eigenvalue weighted by Gasteiger charge is 2.25. The van der Waals surface area contributed by atoms with Gasteiger partial charge in [-0.2, -0.15) is 0 Å². The zero-order chi connectivity index (χ0) is 24.0. The monoisotopic (exact) mass is 453 g/mol. The van der Waals surface area contributed by atoms with Gasteiger partial charge in [-0.3, -0.25) is 35.9 Å². The van der Waals surface area contributed by atoms with Gasteiger partial charge in [-0.1, -0.05) is 18.2 Å². The number of esters is 1. The molecule has 0 saturated heterocycles. The summed E-state index contributed by atoms with van der Waals surface area (Å²) in [6, 6.07) is 11.0. The molecular formula is C19H15N7O7. The van der Waals surface area contributed by atoms with Crippen LogP contribution in [0.2, 0.25) is 0 Å². The van der Waals surface area contributed by atoms with Gasteiger partial charge in [-0.15, -0.1) is 0 Å². The van der Waals surface area contributed by atoms with Gasteiger partial charge in [0.15, 0.2) is 0 Å². The molecule has 0 aliphatic heterocycles. The number of nitrogens with one attached hydrogen (secondary N) is 3. The normalized spacial score (nSPS) is 10.1. The van der Waals surface area contributed by atoms with Crippen molar-refractivity contribution < 1.29 is 24.2 Å². The van der Waals surface area contributed by atoms with Crippen LogP contribution in [0.3, 0.4) is 0 Å². The van der Waals surface area contributed by atoms with Crippen LogP contribution >= 0.6 is 0 Å². The SMILES string of the molecule is COC(=O)c1ccccc1Nc1ncnc(NNC(=O)c2cccc([N+](=O)[O-])c2)c1[N+](=O)[O-]. The Morgan fingerprint density at radius 3 is 2.39 bits per heavy atom. The fraction of sp³-hybridized carbons (Fsp3) is 0.0526. The van der Waals surface area contributed by atoms with E-state index < -0.39 is 27.4 Å². The first kappa shape index (κ1) is 22.5. The van der Waals surface area contributed by atoms with Crippen molar-refractivity contribution in [2.24, 2.45) is 0 Å². The van der Waals surface area contributed by atoms with Gasteiger partial charge in [0.05, 0.1) is 28.2 Å². The Morgan fingerprint density at radius 1 is 0.970 bits per heavy atom.